The number of halogens is 1. The molecule has 0 atom stereocenters. The molecule has 0 N–H and O–H groups in total. The van der Waals surface area contributed by atoms with E-state index < -0.39 is 0 Å². The highest BCUT2D eigenvalue weighted by molar-refractivity contribution is 7.26. The summed E-state index contributed by atoms with van der Waals surface area (Å²) in [5, 5.41) is 2.53. The number of benzene rings is 7. The third kappa shape index (κ3) is 4.90. The van der Waals surface area contributed by atoms with Crippen LogP contribution in [0, 0.1) is 12.7 Å². The van der Waals surface area contributed by atoms with Gasteiger partial charge in [0.25, 0.3) is 0 Å². The Hall–Kier alpha value is -5.71. The zero-order chi connectivity index (χ0) is 34.0. The summed E-state index contributed by atoms with van der Waals surface area (Å²) < 4.78 is 16.6. The van der Waals surface area contributed by atoms with Crippen molar-refractivity contribution < 1.29 is 4.39 Å². The van der Waals surface area contributed by atoms with Crippen LogP contribution in [0.25, 0.3) is 31.3 Å². The maximum absolute atomic E-state index is 14.0. The zero-order valence-corrected chi connectivity index (χ0v) is 29.0. The number of thiophene rings is 1. The van der Waals surface area contributed by atoms with Gasteiger partial charge in [-0.1, -0.05) is 98.3 Å². The van der Waals surface area contributed by atoms with E-state index in [0.717, 1.165) is 28.3 Å². The Morgan fingerprint density at radius 3 is 1.76 bits per heavy atom. The van der Waals surface area contributed by atoms with Gasteiger partial charge in [0.15, 0.2) is 0 Å². The number of para-hydroxylation sites is 2. The van der Waals surface area contributed by atoms with Gasteiger partial charge < -0.3 is 9.80 Å². The number of fused-ring (bicyclic) bond motifs is 5. The molecule has 0 saturated carbocycles. The minimum Gasteiger partial charge on any atom is -0.311 e. The summed E-state index contributed by atoms with van der Waals surface area (Å²) in [5.74, 6) is -0.247. The molecule has 50 heavy (non-hydrogen) atoms. The van der Waals surface area contributed by atoms with E-state index >= 15 is 0 Å². The van der Waals surface area contributed by atoms with Crippen molar-refractivity contribution in [3.8, 4) is 11.1 Å². The van der Waals surface area contributed by atoms with Crippen LogP contribution in [0.3, 0.4) is 0 Å². The van der Waals surface area contributed by atoms with Gasteiger partial charge in [-0.05, 0) is 102 Å². The maximum Gasteiger partial charge on any atom is 0.123 e. The van der Waals surface area contributed by atoms with Gasteiger partial charge in [0.1, 0.15) is 5.82 Å². The Morgan fingerprint density at radius 2 is 1.12 bits per heavy atom. The molecule has 2 heterocycles. The highest BCUT2D eigenvalue weighted by Crippen LogP contribution is 2.53. The van der Waals surface area contributed by atoms with Gasteiger partial charge in [0.05, 0.1) is 11.4 Å². The van der Waals surface area contributed by atoms with Crippen molar-refractivity contribution >= 4 is 65.6 Å². The van der Waals surface area contributed by atoms with Gasteiger partial charge in [-0.15, -0.1) is 11.3 Å². The summed E-state index contributed by atoms with van der Waals surface area (Å²) in [6.07, 6.45) is 0. The lowest BCUT2D eigenvalue weighted by atomic mass is 9.73. The molecule has 242 valence electrons. The molecule has 2 nitrogen and oxygen atoms in total. The Morgan fingerprint density at radius 1 is 0.580 bits per heavy atom. The topological polar surface area (TPSA) is 6.48 Å². The van der Waals surface area contributed by atoms with Gasteiger partial charge in [0.2, 0.25) is 0 Å². The fourth-order valence-electron chi connectivity index (χ4n) is 7.62. The van der Waals surface area contributed by atoms with Crippen LogP contribution in [-0.4, -0.2) is 0 Å². The predicted molar refractivity (Wildman–Crippen MR) is 211 cm³/mol. The van der Waals surface area contributed by atoms with Crippen molar-refractivity contribution in [3.05, 3.63) is 180 Å². The lowest BCUT2D eigenvalue weighted by Crippen LogP contribution is -2.30. The van der Waals surface area contributed by atoms with E-state index in [9.17, 15) is 4.39 Å². The van der Waals surface area contributed by atoms with Gasteiger partial charge in [-0.25, -0.2) is 4.39 Å². The van der Waals surface area contributed by atoms with Crippen molar-refractivity contribution in [3.63, 3.8) is 0 Å². The van der Waals surface area contributed by atoms with E-state index in [1.54, 1.807) is 0 Å². The van der Waals surface area contributed by atoms with Crippen molar-refractivity contribution in [2.24, 2.45) is 0 Å². The monoisotopic (exact) mass is 666 g/mol. The third-order valence-corrected chi connectivity index (χ3v) is 11.4. The van der Waals surface area contributed by atoms with E-state index in [-0.39, 0.29) is 11.2 Å². The number of hydrogen-bond acceptors (Lipinski definition) is 3. The zero-order valence-electron chi connectivity index (χ0n) is 28.2. The minimum atomic E-state index is -0.247. The molecule has 4 heteroatoms. The Kier molecular flexibility index (Phi) is 7.11. The van der Waals surface area contributed by atoms with E-state index in [2.05, 4.69) is 164 Å². The number of aryl methyl sites for hydroxylation is 1. The SMILES string of the molecule is Cc1ccc(N(c2ccc(F)cc2)c2ccc(-c3cc(N4c5ccccc5C(C)(C)c5ccccc54)cc4c3sc3ccccc34)cc2)cc1. The van der Waals surface area contributed by atoms with Crippen LogP contribution in [0.1, 0.15) is 30.5 Å². The first-order chi connectivity index (χ1) is 24.4. The summed E-state index contributed by atoms with van der Waals surface area (Å²) in [4.78, 5) is 4.63. The average Bonchev–Trinajstić information content (AvgIpc) is 3.52. The second-order valence-corrected chi connectivity index (χ2v) is 14.7. The average molecular weight is 667 g/mol. The predicted octanol–water partition coefficient (Wildman–Crippen LogP) is 13.7. The van der Waals surface area contributed by atoms with Gasteiger partial charge >= 0.3 is 0 Å². The molecular formula is C46H35FN2S. The summed E-state index contributed by atoms with van der Waals surface area (Å²) in [5.41, 5.74) is 12.5. The molecule has 9 rings (SSSR count). The van der Waals surface area contributed by atoms with Crippen LogP contribution in [0.15, 0.2) is 158 Å². The molecule has 0 aliphatic carbocycles. The summed E-state index contributed by atoms with van der Waals surface area (Å²) in [6, 6.07) is 55.1. The molecule has 0 saturated heterocycles. The molecule has 0 bridgehead atoms. The highest BCUT2D eigenvalue weighted by Gasteiger charge is 2.36. The second-order valence-electron chi connectivity index (χ2n) is 13.7. The summed E-state index contributed by atoms with van der Waals surface area (Å²) in [6.45, 7) is 6.75. The van der Waals surface area contributed by atoms with Gasteiger partial charge in [-0.2, -0.15) is 0 Å². The van der Waals surface area contributed by atoms with Gasteiger partial charge in [-0.3, -0.25) is 0 Å². The van der Waals surface area contributed by atoms with Crippen molar-refractivity contribution in [1.82, 2.24) is 0 Å². The van der Waals surface area contributed by atoms with Crippen LogP contribution in [0.4, 0.5) is 38.5 Å². The largest absolute Gasteiger partial charge is 0.311 e. The normalized spacial score (nSPS) is 13.3. The van der Waals surface area contributed by atoms with E-state index in [4.69, 9.17) is 0 Å². The minimum absolute atomic E-state index is 0.130. The lowest BCUT2D eigenvalue weighted by molar-refractivity contribution is 0.628. The molecule has 1 aliphatic heterocycles. The maximum atomic E-state index is 14.0. The molecule has 1 aliphatic rings. The number of anilines is 6. The molecule has 0 spiro atoms. The molecule has 0 radical (unpaired) electrons. The molecular weight excluding hydrogens is 632 g/mol. The highest BCUT2D eigenvalue weighted by atomic mass is 32.1. The Balaban J connectivity index is 1.24. The molecule has 0 unspecified atom stereocenters. The third-order valence-electron chi connectivity index (χ3n) is 10.2. The van der Waals surface area contributed by atoms with Crippen LogP contribution in [0.2, 0.25) is 0 Å². The second kappa shape index (κ2) is 11.7. The fraction of sp³-hybridized carbons (Fsp3) is 0.0870. The van der Waals surface area contributed by atoms with Crippen molar-refractivity contribution in [2.45, 2.75) is 26.2 Å². The first-order valence-corrected chi connectivity index (χ1v) is 17.9. The standard InChI is InChI=1S/C46H35FN2S/c1-30-16-22-33(23-17-30)48(35-26-20-32(47)21-27-35)34-24-18-31(19-25-34)38-28-36(29-39-37-10-4-9-15-44(37)50-45(38)39)49-42-13-7-5-11-40(42)46(2,3)41-12-6-8-14-43(41)49/h4-29H,1-3H3. The Labute approximate surface area is 296 Å². The van der Waals surface area contributed by atoms with Crippen molar-refractivity contribution in [1.29, 1.82) is 0 Å². The Bertz CT molecular complexity index is 2430. The molecule has 0 fully saturated rings. The van der Waals surface area contributed by atoms with Crippen LogP contribution in [0.5, 0.6) is 0 Å². The molecule has 7 aromatic carbocycles. The van der Waals surface area contributed by atoms with E-state index in [0.29, 0.717) is 0 Å². The molecule has 8 aromatic rings. The van der Waals surface area contributed by atoms with Crippen LogP contribution in [-0.2, 0) is 5.41 Å². The smallest absolute Gasteiger partial charge is 0.123 e. The first-order valence-electron chi connectivity index (χ1n) is 17.0. The number of hydrogen-bond donors (Lipinski definition) is 0. The quantitative estimate of drug-likeness (QED) is 0.180. The lowest BCUT2D eigenvalue weighted by Gasteiger charge is -2.42. The molecule has 1 aromatic heterocycles. The fourth-order valence-corrected chi connectivity index (χ4v) is 8.84. The van der Waals surface area contributed by atoms with Crippen molar-refractivity contribution in [2.75, 3.05) is 9.80 Å². The van der Waals surface area contributed by atoms with E-state index in [1.165, 1.54) is 65.9 Å². The first kappa shape index (κ1) is 30.4. The number of nitrogens with zero attached hydrogens (tertiary/aromatic N) is 2. The van der Waals surface area contributed by atoms with Crippen LogP contribution < -0.4 is 9.80 Å². The van der Waals surface area contributed by atoms with Gasteiger partial charge in [0, 0.05) is 53.9 Å². The summed E-state index contributed by atoms with van der Waals surface area (Å²) >= 11 is 1.85. The summed E-state index contributed by atoms with van der Waals surface area (Å²) in [7, 11) is 0. The number of rotatable bonds is 5. The van der Waals surface area contributed by atoms with Crippen LogP contribution >= 0.6 is 11.3 Å². The molecule has 0 amide bonds. The van der Waals surface area contributed by atoms with E-state index in [1.807, 2.05) is 23.5 Å².